The Kier molecular flexibility index (Phi) is 8.57. The third kappa shape index (κ3) is 6.12. The molecule has 1 N–H and O–H groups in total. The Morgan fingerprint density at radius 2 is 1.94 bits per heavy atom. The molecule has 3 rings (SSSR count). The molecule has 2 heterocycles. The van der Waals surface area contributed by atoms with Crippen LogP contribution in [-0.4, -0.2) is 31.4 Å². The van der Waals surface area contributed by atoms with E-state index in [9.17, 15) is 4.79 Å². The first-order valence-electron chi connectivity index (χ1n) is 9.87. The molecular formula is C21H23Cl2N5O2S. The van der Waals surface area contributed by atoms with Crippen LogP contribution in [0.4, 0.5) is 5.69 Å². The number of hydrogen-bond acceptors (Lipinski definition) is 6. The van der Waals surface area contributed by atoms with Crippen LogP contribution in [0.15, 0.2) is 47.8 Å². The van der Waals surface area contributed by atoms with Gasteiger partial charge in [-0.2, -0.15) is 0 Å². The maximum absolute atomic E-state index is 12.4. The van der Waals surface area contributed by atoms with Gasteiger partial charge in [-0.3, -0.25) is 4.79 Å². The number of nitrogens with one attached hydrogen (secondary N) is 1. The molecule has 0 fully saturated rings. The van der Waals surface area contributed by atoms with Crippen molar-refractivity contribution in [3.05, 3.63) is 58.6 Å². The van der Waals surface area contributed by atoms with Crippen LogP contribution in [0, 0.1) is 0 Å². The van der Waals surface area contributed by atoms with E-state index < -0.39 is 0 Å². The monoisotopic (exact) mass is 479 g/mol. The maximum atomic E-state index is 12.4. The number of halogens is 2. The van der Waals surface area contributed by atoms with Gasteiger partial charge in [0.05, 0.1) is 16.5 Å². The first-order valence-corrected chi connectivity index (χ1v) is 11.6. The SMILES string of the molecule is CCC(CC)n1c(COc2ccccc2Cl)nnc1SCC(=O)Nc1cccnc1Cl. The third-order valence-corrected chi connectivity index (χ3v) is 6.16. The summed E-state index contributed by atoms with van der Waals surface area (Å²) in [5.74, 6) is 1.24. The Labute approximate surface area is 195 Å². The van der Waals surface area contributed by atoms with Crippen LogP contribution >= 0.6 is 35.0 Å². The van der Waals surface area contributed by atoms with Gasteiger partial charge >= 0.3 is 0 Å². The molecule has 10 heteroatoms. The van der Waals surface area contributed by atoms with Crippen molar-refractivity contribution in [2.24, 2.45) is 0 Å². The Hall–Kier alpha value is -2.29. The maximum Gasteiger partial charge on any atom is 0.234 e. The summed E-state index contributed by atoms with van der Waals surface area (Å²) in [4.78, 5) is 16.4. The molecule has 1 amide bonds. The molecule has 0 radical (unpaired) electrons. The van der Waals surface area contributed by atoms with Gasteiger partial charge in [0.15, 0.2) is 16.1 Å². The molecule has 0 saturated heterocycles. The smallest absolute Gasteiger partial charge is 0.234 e. The molecule has 0 atom stereocenters. The van der Waals surface area contributed by atoms with Crippen molar-refractivity contribution in [2.75, 3.05) is 11.1 Å². The van der Waals surface area contributed by atoms with Crippen LogP contribution < -0.4 is 10.1 Å². The molecule has 0 saturated carbocycles. The fourth-order valence-corrected chi connectivity index (χ4v) is 4.21. The molecule has 0 bridgehead atoms. The number of carbonyl (C=O) groups is 1. The number of anilines is 1. The quantitative estimate of drug-likeness (QED) is 0.298. The molecule has 2 aromatic heterocycles. The Balaban J connectivity index is 1.71. The number of hydrogen-bond donors (Lipinski definition) is 1. The summed E-state index contributed by atoms with van der Waals surface area (Å²) >= 11 is 13.5. The van der Waals surface area contributed by atoms with Gasteiger partial charge in [0.1, 0.15) is 12.4 Å². The van der Waals surface area contributed by atoms with Crippen molar-refractivity contribution in [3.8, 4) is 5.75 Å². The van der Waals surface area contributed by atoms with Crippen LogP contribution in [0.1, 0.15) is 38.6 Å². The minimum absolute atomic E-state index is 0.162. The second kappa shape index (κ2) is 11.4. The molecule has 0 aliphatic carbocycles. The molecule has 164 valence electrons. The van der Waals surface area contributed by atoms with E-state index in [0.717, 1.165) is 12.8 Å². The van der Waals surface area contributed by atoms with Crippen molar-refractivity contribution in [1.82, 2.24) is 19.7 Å². The van der Waals surface area contributed by atoms with E-state index in [0.29, 0.717) is 27.4 Å². The normalized spacial score (nSPS) is 11.0. The highest BCUT2D eigenvalue weighted by atomic mass is 35.5. The van der Waals surface area contributed by atoms with E-state index >= 15 is 0 Å². The number of ether oxygens (including phenoxy) is 1. The van der Waals surface area contributed by atoms with Crippen LogP contribution in [0.25, 0.3) is 0 Å². The summed E-state index contributed by atoms with van der Waals surface area (Å²) in [6.45, 7) is 4.45. The average Bonchev–Trinajstić information content (AvgIpc) is 3.17. The van der Waals surface area contributed by atoms with Crippen LogP contribution in [0.2, 0.25) is 10.2 Å². The molecule has 0 unspecified atom stereocenters. The van der Waals surface area contributed by atoms with Crippen molar-refractivity contribution < 1.29 is 9.53 Å². The van der Waals surface area contributed by atoms with Crippen molar-refractivity contribution in [3.63, 3.8) is 0 Å². The zero-order valence-corrected chi connectivity index (χ0v) is 19.5. The predicted octanol–water partition coefficient (Wildman–Crippen LogP) is 5.65. The number of amides is 1. The highest BCUT2D eigenvalue weighted by Gasteiger charge is 2.20. The molecule has 0 aliphatic rings. The minimum Gasteiger partial charge on any atom is -0.484 e. The van der Waals surface area contributed by atoms with E-state index in [-0.39, 0.29) is 29.5 Å². The second-order valence-corrected chi connectivity index (χ2v) is 8.34. The van der Waals surface area contributed by atoms with Gasteiger partial charge in [0, 0.05) is 12.2 Å². The highest BCUT2D eigenvalue weighted by molar-refractivity contribution is 7.99. The lowest BCUT2D eigenvalue weighted by Gasteiger charge is -2.19. The van der Waals surface area contributed by atoms with Gasteiger partial charge < -0.3 is 14.6 Å². The first kappa shape index (κ1) is 23.4. The number of benzene rings is 1. The Morgan fingerprint density at radius 3 is 2.65 bits per heavy atom. The van der Waals surface area contributed by atoms with E-state index in [2.05, 4.69) is 34.3 Å². The van der Waals surface area contributed by atoms with Crippen LogP contribution in [0.3, 0.4) is 0 Å². The number of pyridine rings is 1. The Bertz CT molecular complexity index is 1030. The van der Waals surface area contributed by atoms with E-state index in [4.69, 9.17) is 27.9 Å². The van der Waals surface area contributed by atoms with E-state index in [1.807, 2.05) is 22.8 Å². The third-order valence-electron chi connectivity index (χ3n) is 4.60. The molecule has 0 spiro atoms. The summed E-state index contributed by atoms with van der Waals surface area (Å²) in [7, 11) is 0. The lowest BCUT2D eigenvalue weighted by Crippen LogP contribution is -2.17. The standard InChI is InChI=1S/C21H23Cl2N5O2S/c1-3-14(4-2)28-18(12-30-17-10-6-5-8-15(17)22)26-27-21(28)31-13-19(29)25-16-9-7-11-24-20(16)23/h5-11,14H,3-4,12-13H2,1-2H3,(H,25,29). The average molecular weight is 480 g/mol. The summed E-state index contributed by atoms with van der Waals surface area (Å²) < 4.78 is 7.92. The van der Waals surface area contributed by atoms with Crippen molar-refractivity contribution in [2.45, 2.75) is 44.5 Å². The topological polar surface area (TPSA) is 81.9 Å². The number of nitrogens with zero attached hydrogens (tertiary/aromatic N) is 4. The van der Waals surface area contributed by atoms with Crippen molar-refractivity contribution in [1.29, 1.82) is 0 Å². The van der Waals surface area contributed by atoms with Crippen LogP contribution in [0.5, 0.6) is 5.75 Å². The predicted molar refractivity (Wildman–Crippen MR) is 124 cm³/mol. The fourth-order valence-electron chi connectivity index (χ4n) is 3.02. The largest absolute Gasteiger partial charge is 0.484 e. The lowest BCUT2D eigenvalue weighted by molar-refractivity contribution is -0.113. The molecule has 31 heavy (non-hydrogen) atoms. The number of aromatic nitrogens is 4. The number of para-hydroxylation sites is 1. The summed E-state index contributed by atoms with van der Waals surface area (Å²) in [6, 6.07) is 10.9. The summed E-state index contributed by atoms with van der Waals surface area (Å²) in [5, 5.41) is 12.8. The summed E-state index contributed by atoms with van der Waals surface area (Å²) in [5.41, 5.74) is 0.477. The fraction of sp³-hybridized carbons (Fsp3) is 0.333. The number of rotatable bonds is 10. The van der Waals surface area contributed by atoms with Gasteiger partial charge in [-0.15, -0.1) is 10.2 Å². The van der Waals surface area contributed by atoms with Crippen LogP contribution in [-0.2, 0) is 11.4 Å². The molecule has 7 nitrogen and oxygen atoms in total. The molecule has 3 aromatic rings. The summed E-state index contributed by atoms with van der Waals surface area (Å²) in [6.07, 6.45) is 3.37. The van der Waals surface area contributed by atoms with E-state index in [1.165, 1.54) is 11.8 Å². The zero-order valence-electron chi connectivity index (χ0n) is 17.2. The lowest BCUT2D eigenvalue weighted by atomic mass is 10.2. The minimum atomic E-state index is -0.201. The van der Waals surface area contributed by atoms with E-state index in [1.54, 1.807) is 24.4 Å². The molecular weight excluding hydrogens is 457 g/mol. The van der Waals surface area contributed by atoms with Crippen molar-refractivity contribution >= 4 is 46.6 Å². The van der Waals surface area contributed by atoms with Gasteiger partial charge in [0.25, 0.3) is 0 Å². The number of thioether (sulfide) groups is 1. The molecule has 0 aliphatic heterocycles. The van der Waals surface area contributed by atoms with Gasteiger partial charge in [-0.1, -0.05) is 60.9 Å². The van der Waals surface area contributed by atoms with Gasteiger partial charge in [-0.25, -0.2) is 4.98 Å². The van der Waals surface area contributed by atoms with Gasteiger partial charge in [-0.05, 0) is 37.1 Å². The zero-order chi connectivity index (χ0) is 22.2. The number of carbonyl (C=O) groups excluding carboxylic acids is 1. The molecule has 1 aromatic carbocycles. The Morgan fingerprint density at radius 1 is 1.16 bits per heavy atom. The second-order valence-electron chi connectivity index (χ2n) is 6.64. The highest BCUT2D eigenvalue weighted by Crippen LogP contribution is 2.28. The first-order chi connectivity index (χ1) is 15.0. The van der Waals surface area contributed by atoms with Gasteiger partial charge in [0.2, 0.25) is 5.91 Å².